The maximum atomic E-state index is 6.79. The molecule has 0 atom stereocenters. The minimum Gasteiger partial charge on any atom is -0.496 e. The van der Waals surface area contributed by atoms with Crippen molar-refractivity contribution in [3.05, 3.63) is 188 Å². The van der Waals surface area contributed by atoms with Crippen LogP contribution in [0.3, 0.4) is 0 Å². The van der Waals surface area contributed by atoms with E-state index in [0.29, 0.717) is 70.2 Å². The van der Waals surface area contributed by atoms with E-state index in [9.17, 15) is 0 Å². The fourth-order valence-electron chi connectivity index (χ4n) is 8.76. The van der Waals surface area contributed by atoms with Gasteiger partial charge in [-0.2, -0.15) is 0 Å². The van der Waals surface area contributed by atoms with E-state index in [2.05, 4.69) is 130 Å². The van der Waals surface area contributed by atoms with E-state index in [1.54, 1.807) is 14.2 Å². The Labute approximate surface area is 397 Å². The van der Waals surface area contributed by atoms with Crippen LogP contribution in [0.4, 0.5) is 0 Å². The molecule has 0 fully saturated rings. The Morgan fingerprint density at radius 1 is 0.485 bits per heavy atom. The lowest BCUT2D eigenvalue weighted by molar-refractivity contribution is 0.0884. The first-order chi connectivity index (χ1) is 33.0. The number of hydrogen-bond acceptors (Lipinski definition) is 11. The summed E-state index contributed by atoms with van der Waals surface area (Å²) in [7, 11) is 3.28. The molecule has 2 aromatic heterocycles. The number of benzene rings is 6. The zero-order valence-corrected chi connectivity index (χ0v) is 40.0. The third kappa shape index (κ3) is 9.92. The molecule has 8 aromatic rings. The zero-order chi connectivity index (χ0) is 47.4. The maximum absolute atomic E-state index is 6.79. The Morgan fingerprint density at radius 2 is 0.868 bits per heavy atom. The van der Waals surface area contributed by atoms with Crippen molar-refractivity contribution in [3.8, 4) is 57.0 Å². The van der Waals surface area contributed by atoms with Gasteiger partial charge in [0.15, 0.2) is 11.5 Å². The summed E-state index contributed by atoms with van der Waals surface area (Å²) in [4.78, 5) is 0. The van der Waals surface area contributed by atoms with Gasteiger partial charge in [0, 0.05) is 30.6 Å². The highest BCUT2D eigenvalue weighted by atomic mass is 16.5. The van der Waals surface area contributed by atoms with Crippen molar-refractivity contribution in [2.75, 3.05) is 14.2 Å². The van der Waals surface area contributed by atoms with Gasteiger partial charge in [0.1, 0.15) is 59.1 Å². The number of rotatable bonds is 2. The van der Waals surface area contributed by atoms with Gasteiger partial charge >= 0.3 is 0 Å². The molecule has 7 aliphatic heterocycles. The van der Waals surface area contributed by atoms with E-state index in [-0.39, 0.29) is 18.6 Å². The molecule has 6 aromatic carbocycles. The lowest BCUT2D eigenvalue weighted by Crippen LogP contribution is -2.20. The number of methoxy groups -OCH3 is 2. The molecule has 0 aliphatic carbocycles. The van der Waals surface area contributed by atoms with Gasteiger partial charge in [-0.15, -0.1) is 0 Å². The molecule has 12 bridgehead atoms. The summed E-state index contributed by atoms with van der Waals surface area (Å²) < 4.78 is 49.0. The van der Waals surface area contributed by atoms with Crippen LogP contribution in [0.1, 0.15) is 81.0 Å². The second kappa shape index (κ2) is 20.0. The Morgan fingerprint density at radius 3 is 1.25 bits per heavy atom. The van der Waals surface area contributed by atoms with Gasteiger partial charge < -0.3 is 42.8 Å². The molecule has 0 saturated heterocycles. The number of nitrogens with one attached hydrogen (secondary N) is 1. The fourth-order valence-corrected chi connectivity index (χ4v) is 8.76. The average Bonchev–Trinajstić information content (AvgIpc) is 4.01. The number of nitrogens with zero attached hydrogens (tertiary/aromatic N) is 2. The van der Waals surface area contributed by atoms with E-state index >= 15 is 0 Å². The summed E-state index contributed by atoms with van der Waals surface area (Å²) in [5.74, 6) is 5.15. The molecule has 348 valence electrons. The summed E-state index contributed by atoms with van der Waals surface area (Å²) >= 11 is 0. The molecule has 11 nitrogen and oxygen atoms in total. The maximum Gasteiger partial charge on any atom is 0.163 e. The molecule has 1 N–H and O–H groups in total. The second-order valence-corrected chi connectivity index (χ2v) is 18.0. The van der Waals surface area contributed by atoms with E-state index in [0.717, 1.165) is 69.1 Å². The normalized spacial score (nSPS) is 14.3. The molecule has 11 heteroatoms. The van der Waals surface area contributed by atoms with Crippen molar-refractivity contribution >= 4 is 0 Å². The smallest absolute Gasteiger partial charge is 0.163 e. The zero-order valence-electron chi connectivity index (χ0n) is 40.0. The first-order valence-electron chi connectivity index (χ1n) is 22.8. The van der Waals surface area contributed by atoms with Crippen LogP contribution in [0.25, 0.3) is 22.5 Å². The van der Waals surface area contributed by atoms with Gasteiger partial charge in [-0.25, -0.2) is 0 Å². The van der Waals surface area contributed by atoms with Crippen LogP contribution in [0.2, 0.25) is 0 Å². The van der Waals surface area contributed by atoms with Crippen molar-refractivity contribution in [2.45, 2.75) is 86.5 Å². The molecule has 0 saturated carbocycles. The van der Waals surface area contributed by atoms with Gasteiger partial charge in [0.2, 0.25) is 0 Å². The first kappa shape index (κ1) is 46.0. The van der Waals surface area contributed by atoms with E-state index < -0.39 is 0 Å². The summed E-state index contributed by atoms with van der Waals surface area (Å²) in [6, 6.07) is 40.9. The summed E-state index contributed by atoms with van der Waals surface area (Å²) in [6.45, 7) is 15.6. The van der Waals surface area contributed by atoms with Crippen molar-refractivity contribution in [1.29, 1.82) is 0 Å². The van der Waals surface area contributed by atoms with Crippen molar-refractivity contribution in [2.24, 2.45) is 0 Å². The third-order valence-electron chi connectivity index (χ3n) is 12.6. The van der Waals surface area contributed by atoms with Crippen molar-refractivity contribution < 1.29 is 37.5 Å². The Kier molecular flexibility index (Phi) is 13.5. The topological polar surface area (TPSA) is 119 Å². The fraction of sp³-hybridized carbons (Fsp3) is 0.263. The van der Waals surface area contributed by atoms with Crippen LogP contribution in [0.15, 0.2) is 130 Å². The Balaban J connectivity index is 1.03. The van der Waals surface area contributed by atoms with E-state index in [4.69, 9.17) is 37.5 Å². The summed E-state index contributed by atoms with van der Waals surface area (Å²) in [6.07, 6.45) is 0. The summed E-state index contributed by atoms with van der Waals surface area (Å²) in [5.41, 5.74) is 13.0. The Bertz CT molecular complexity index is 2790. The van der Waals surface area contributed by atoms with Crippen LogP contribution in [0.5, 0.6) is 34.5 Å². The highest BCUT2D eigenvalue weighted by molar-refractivity contribution is 5.76. The third-order valence-corrected chi connectivity index (χ3v) is 12.6. The standard InChI is InChI=1S/C57H57N3O8/c1-35-23-43-24-36(2)55(35)65-51-13-9-11-49(61-7)53(51)47-27-45(67-59-47)33-63-31-41-19-15-39(16-20-41)29-58-30-40-17-21-42(22-18-40)32-64-34-46-28-48(60-68-46)54-50(62-8)12-10-14-52(54)66-56-37(3)25-44(26-38(56)4)57(43,5)6/h9-28,58H,29-34H2,1-8H3. The predicted octanol–water partition coefficient (Wildman–Crippen LogP) is 13.2. The second-order valence-electron chi connectivity index (χ2n) is 18.0. The number of aryl methyl sites for hydroxylation is 4. The van der Waals surface area contributed by atoms with E-state index in [1.807, 2.05) is 48.5 Å². The SMILES string of the molecule is COc1cccc2c1-c1cc(on1)COCc1ccc(cc1)CNCc1ccc(cc1)COCc1cc(no1)-c1c(OC)cccc1Oc1c(C)cc(cc1C)C(C)(C)c1cc(C)c(c(C)c1)O2. The van der Waals surface area contributed by atoms with Crippen LogP contribution in [0, 0.1) is 27.7 Å². The van der Waals surface area contributed by atoms with Crippen LogP contribution >= 0.6 is 0 Å². The lowest BCUT2D eigenvalue weighted by atomic mass is 9.76. The molecule has 0 spiro atoms. The molecular formula is C57H57N3O8. The highest BCUT2D eigenvalue weighted by Gasteiger charge is 2.28. The predicted molar refractivity (Wildman–Crippen MR) is 262 cm³/mol. The highest BCUT2D eigenvalue weighted by Crippen LogP contribution is 2.45. The Hall–Kier alpha value is -7.18. The molecule has 0 amide bonds. The van der Waals surface area contributed by atoms with Gasteiger partial charge in [0.05, 0.1) is 38.6 Å². The van der Waals surface area contributed by atoms with Crippen LogP contribution in [-0.4, -0.2) is 24.5 Å². The number of hydrogen-bond donors (Lipinski definition) is 1. The summed E-state index contributed by atoms with van der Waals surface area (Å²) in [5, 5.41) is 12.4. The molecule has 0 radical (unpaired) electrons. The first-order valence-corrected chi connectivity index (χ1v) is 22.8. The van der Waals surface area contributed by atoms with Gasteiger partial charge in [0.25, 0.3) is 0 Å². The molecular weight excluding hydrogens is 855 g/mol. The monoisotopic (exact) mass is 911 g/mol. The lowest BCUT2D eigenvalue weighted by Gasteiger charge is -2.29. The quantitative estimate of drug-likeness (QED) is 0.178. The van der Waals surface area contributed by atoms with Gasteiger partial charge in [-0.3, -0.25) is 0 Å². The number of aromatic nitrogens is 2. The molecule has 7 aliphatic rings. The largest absolute Gasteiger partial charge is 0.496 e. The average molecular weight is 912 g/mol. The van der Waals surface area contributed by atoms with Gasteiger partial charge in [-0.1, -0.05) is 109 Å². The number of ether oxygens (including phenoxy) is 6. The van der Waals surface area contributed by atoms with Crippen LogP contribution in [-0.2, 0) is 54.4 Å². The minimum atomic E-state index is -0.374. The van der Waals surface area contributed by atoms with Crippen molar-refractivity contribution in [1.82, 2.24) is 15.6 Å². The molecule has 9 heterocycles. The molecule has 15 rings (SSSR count). The van der Waals surface area contributed by atoms with E-state index in [1.165, 1.54) is 11.1 Å². The van der Waals surface area contributed by atoms with Crippen molar-refractivity contribution in [3.63, 3.8) is 0 Å². The minimum absolute atomic E-state index is 0.252. The molecule has 68 heavy (non-hydrogen) atoms. The van der Waals surface area contributed by atoms with Crippen LogP contribution < -0.4 is 24.3 Å². The van der Waals surface area contributed by atoms with Gasteiger partial charge in [-0.05, 0) is 108 Å². The molecule has 0 unspecified atom stereocenters.